The molecule has 1 heterocycles. The SMILES string of the molecule is C[C@H](C1CC1)N1CC[C@]23CCCC[C@@]2(O)[C@H]1Cc1ccc(O)cc13. The van der Waals surface area contributed by atoms with Crippen LogP contribution in [0, 0.1) is 5.92 Å². The van der Waals surface area contributed by atoms with Crippen molar-refractivity contribution in [3.63, 3.8) is 0 Å². The van der Waals surface area contributed by atoms with Crippen LogP contribution in [0.25, 0.3) is 0 Å². The largest absolute Gasteiger partial charge is 0.508 e. The third-order valence-electron chi connectivity index (χ3n) is 7.84. The zero-order valence-electron chi connectivity index (χ0n) is 14.7. The molecule has 1 aromatic carbocycles. The second-order valence-corrected chi connectivity index (χ2v) is 8.84. The average molecular weight is 327 g/mol. The lowest BCUT2D eigenvalue weighted by atomic mass is 9.49. The van der Waals surface area contributed by atoms with E-state index >= 15 is 0 Å². The van der Waals surface area contributed by atoms with Crippen LogP contribution in [0.15, 0.2) is 18.2 Å². The van der Waals surface area contributed by atoms with E-state index in [2.05, 4.69) is 17.9 Å². The van der Waals surface area contributed by atoms with Gasteiger partial charge in [0.05, 0.1) is 5.60 Å². The van der Waals surface area contributed by atoms with Crippen molar-refractivity contribution in [3.05, 3.63) is 29.3 Å². The normalized spacial score (nSPS) is 39.8. The molecule has 3 aliphatic carbocycles. The van der Waals surface area contributed by atoms with Crippen molar-refractivity contribution >= 4 is 0 Å². The zero-order valence-corrected chi connectivity index (χ0v) is 14.7. The lowest BCUT2D eigenvalue weighted by molar-refractivity contribution is -0.174. The Kier molecular flexibility index (Phi) is 3.16. The number of aliphatic hydroxyl groups is 1. The van der Waals surface area contributed by atoms with E-state index in [0.717, 1.165) is 44.6 Å². The average Bonchev–Trinajstić information content (AvgIpc) is 3.40. The van der Waals surface area contributed by atoms with E-state index in [0.29, 0.717) is 11.8 Å². The molecule has 2 saturated carbocycles. The molecule has 4 aliphatic rings. The van der Waals surface area contributed by atoms with Gasteiger partial charge in [-0.15, -0.1) is 0 Å². The molecule has 0 unspecified atom stereocenters. The first-order valence-electron chi connectivity index (χ1n) is 9.86. The highest BCUT2D eigenvalue weighted by molar-refractivity contribution is 5.48. The fourth-order valence-corrected chi connectivity index (χ4v) is 6.38. The maximum Gasteiger partial charge on any atom is 0.115 e. The van der Waals surface area contributed by atoms with Crippen LogP contribution in [-0.2, 0) is 11.8 Å². The molecular formula is C21H29NO2. The number of phenols is 1. The minimum Gasteiger partial charge on any atom is -0.508 e. The minimum atomic E-state index is -0.618. The van der Waals surface area contributed by atoms with Gasteiger partial charge < -0.3 is 10.2 Å². The Morgan fingerprint density at radius 2 is 1.96 bits per heavy atom. The van der Waals surface area contributed by atoms with Gasteiger partial charge in [0.15, 0.2) is 0 Å². The maximum atomic E-state index is 12.0. The number of fused-ring (bicyclic) bond motifs is 1. The standard InChI is InChI=1S/C21H29NO2/c1-14(15-4-5-15)22-11-10-20-8-2-3-9-21(20,24)19(22)12-16-6-7-17(23)13-18(16)20/h6-7,13-15,19,23-24H,2-5,8-12H2,1H3/t14-,19-,20+,21-/m1/s1. The summed E-state index contributed by atoms with van der Waals surface area (Å²) in [6.07, 6.45) is 9.01. The molecular weight excluding hydrogens is 298 g/mol. The summed E-state index contributed by atoms with van der Waals surface area (Å²) in [7, 11) is 0. The van der Waals surface area contributed by atoms with Crippen LogP contribution >= 0.6 is 0 Å². The highest BCUT2D eigenvalue weighted by atomic mass is 16.3. The highest BCUT2D eigenvalue weighted by Gasteiger charge is 2.64. The summed E-state index contributed by atoms with van der Waals surface area (Å²) in [5, 5.41) is 22.1. The summed E-state index contributed by atoms with van der Waals surface area (Å²) < 4.78 is 0. The number of piperidine rings is 1. The van der Waals surface area contributed by atoms with Crippen LogP contribution in [-0.4, -0.2) is 39.3 Å². The Morgan fingerprint density at radius 1 is 1.17 bits per heavy atom. The molecule has 0 amide bonds. The van der Waals surface area contributed by atoms with Crippen LogP contribution in [0.2, 0.25) is 0 Å². The number of aromatic hydroxyl groups is 1. The van der Waals surface area contributed by atoms with Gasteiger partial charge in [0, 0.05) is 17.5 Å². The van der Waals surface area contributed by atoms with Crippen molar-refractivity contribution in [2.24, 2.45) is 5.92 Å². The predicted octanol–water partition coefficient (Wildman–Crippen LogP) is 3.36. The number of nitrogens with zero attached hydrogens (tertiary/aromatic N) is 1. The van der Waals surface area contributed by atoms with Gasteiger partial charge in [-0.3, -0.25) is 4.90 Å². The first-order chi connectivity index (χ1) is 11.6. The summed E-state index contributed by atoms with van der Waals surface area (Å²) in [6.45, 7) is 3.48. The molecule has 2 bridgehead atoms. The molecule has 2 N–H and O–H groups in total. The second kappa shape index (κ2) is 4.98. The first-order valence-corrected chi connectivity index (χ1v) is 9.86. The molecule has 4 atom stereocenters. The monoisotopic (exact) mass is 327 g/mol. The molecule has 3 fully saturated rings. The zero-order chi connectivity index (χ0) is 16.5. The quantitative estimate of drug-likeness (QED) is 0.875. The molecule has 0 aromatic heterocycles. The van der Waals surface area contributed by atoms with Crippen LogP contribution in [0.3, 0.4) is 0 Å². The van der Waals surface area contributed by atoms with Crippen molar-refractivity contribution < 1.29 is 10.2 Å². The smallest absolute Gasteiger partial charge is 0.115 e. The van der Waals surface area contributed by atoms with E-state index in [1.807, 2.05) is 12.1 Å². The van der Waals surface area contributed by atoms with E-state index in [9.17, 15) is 10.2 Å². The Labute approximate surface area is 144 Å². The second-order valence-electron chi connectivity index (χ2n) is 8.84. The van der Waals surface area contributed by atoms with Gasteiger partial charge in [-0.25, -0.2) is 0 Å². The molecule has 130 valence electrons. The van der Waals surface area contributed by atoms with Crippen LogP contribution in [0.1, 0.15) is 63.0 Å². The Hall–Kier alpha value is -1.06. The van der Waals surface area contributed by atoms with E-state index in [1.165, 1.54) is 30.4 Å². The molecule has 24 heavy (non-hydrogen) atoms. The van der Waals surface area contributed by atoms with Crippen molar-refractivity contribution in [3.8, 4) is 5.75 Å². The fraction of sp³-hybridized carbons (Fsp3) is 0.714. The molecule has 5 rings (SSSR count). The van der Waals surface area contributed by atoms with E-state index in [-0.39, 0.29) is 11.5 Å². The van der Waals surface area contributed by atoms with E-state index < -0.39 is 5.60 Å². The first kappa shape index (κ1) is 15.2. The van der Waals surface area contributed by atoms with E-state index in [1.54, 1.807) is 0 Å². The Morgan fingerprint density at radius 3 is 2.75 bits per heavy atom. The molecule has 3 nitrogen and oxygen atoms in total. The van der Waals surface area contributed by atoms with Gasteiger partial charge in [0.2, 0.25) is 0 Å². The number of rotatable bonds is 2. The van der Waals surface area contributed by atoms with Gasteiger partial charge >= 0.3 is 0 Å². The fourth-order valence-electron chi connectivity index (χ4n) is 6.38. The molecule has 1 aliphatic heterocycles. The van der Waals surface area contributed by atoms with Gasteiger partial charge in [-0.1, -0.05) is 18.9 Å². The summed E-state index contributed by atoms with van der Waals surface area (Å²) in [4.78, 5) is 2.65. The van der Waals surface area contributed by atoms with Crippen LogP contribution in [0.5, 0.6) is 5.75 Å². The Bertz CT molecular complexity index is 670. The lowest BCUT2D eigenvalue weighted by Crippen LogP contribution is -2.73. The van der Waals surface area contributed by atoms with Crippen LogP contribution < -0.4 is 0 Å². The summed E-state index contributed by atoms with van der Waals surface area (Å²) in [5.74, 6) is 1.19. The van der Waals surface area contributed by atoms with Gasteiger partial charge in [-0.05, 0) is 81.2 Å². The summed E-state index contributed by atoms with van der Waals surface area (Å²) >= 11 is 0. The molecule has 1 aromatic rings. The van der Waals surface area contributed by atoms with Crippen molar-refractivity contribution in [2.45, 2.75) is 81.4 Å². The highest BCUT2D eigenvalue weighted by Crippen LogP contribution is 2.59. The van der Waals surface area contributed by atoms with Crippen molar-refractivity contribution in [1.82, 2.24) is 4.90 Å². The van der Waals surface area contributed by atoms with Gasteiger partial charge in [-0.2, -0.15) is 0 Å². The Balaban J connectivity index is 1.65. The minimum absolute atomic E-state index is 0.137. The topological polar surface area (TPSA) is 43.7 Å². The number of likely N-dealkylation sites (tertiary alicyclic amines) is 1. The number of phenolic OH excluding ortho intramolecular Hbond substituents is 1. The summed E-state index contributed by atoms with van der Waals surface area (Å²) in [5.41, 5.74) is 1.85. The number of benzene rings is 1. The molecule has 0 spiro atoms. The lowest BCUT2D eigenvalue weighted by Gasteiger charge is -2.64. The molecule has 0 radical (unpaired) electrons. The van der Waals surface area contributed by atoms with E-state index in [4.69, 9.17) is 0 Å². The molecule has 3 heteroatoms. The van der Waals surface area contributed by atoms with Gasteiger partial charge in [0.1, 0.15) is 5.75 Å². The third kappa shape index (κ3) is 1.86. The summed E-state index contributed by atoms with van der Waals surface area (Å²) in [6, 6.07) is 6.74. The number of hydrogen-bond donors (Lipinski definition) is 2. The number of hydrogen-bond acceptors (Lipinski definition) is 3. The van der Waals surface area contributed by atoms with Gasteiger partial charge in [0.25, 0.3) is 0 Å². The maximum absolute atomic E-state index is 12.0. The third-order valence-corrected chi connectivity index (χ3v) is 7.84. The van der Waals surface area contributed by atoms with Crippen molar-refractivity contribution in [2.75, 3.05) is 6.54 Å². The predicted molar refractivity (Wildman–Crippen MR) is 94.2 cm³/mol. The molecule has 1 saturated heterocycles. The van der Waals surface area contributed by atoms with Crippen molar-refractivity contribution in [1.29, 1.82) is 0 Å². The van der Waals surface area contributed by atoms with Crippen LogP contribution in [0.4, 0.5) is 0 Å².